The first-order chi connectivity index (χ1) is 6.59. The second-order valence-corrected chi connectivity index (χ2v) is 3.85. The molecule has 0 radical (unpaired) electrons. The molecule has 0 N–H and O–H groups in total. The summed E-state index contributed by atoms with van der Waals surface area (Å²) in [5, 5.41) is 0. The lowest BCUT2D eigenvalue weighted by molar-refractivity contribution is 0.613. The van der Waals surface area contributed by atoms with E-state index in [1.807, 2.05) is 0 Å². The molecule has 0 bridgehead atoms. The fraction of sp³-hybridized carbons (Fsp3) is 0.333. The van der Waals surface area contributed by atoms with Crippen molar-refractivity contribution in [3.05, 3.63) is 40.2 Å². The first-order valence-corrected chi connectivity index (χ1v) is 4.74. The summed E-state index contributed by atoms with van der Waals surface area (Å²) >= 11 is 0. The third-order valence-electron chi connectivity index (χ3n) is 2.76. The molecule has 0 nitrogen and oxygen atoms in total. The van der Waals surface area contributed by atoms with E-state index < -0.39 is 0 Å². The summed E-state index contributed by atoms with van der Waals surface area (Å²) in [7, 11) is 0. The van der Waals surface area contributed by atoms with Crippen molar-refractivity contribution in [2.24, 2.45) is 0 Å². The van der Waals surface area contributed by atoms with E-state index in [0.29, 0.717) is 11.1 Å². The van der Waals surface area contributed by atoms with Gasteiger partial charge in [-0.25, -0.2) is 8.78 Å². The van der Waals surface area contributed by atoms with Gasteiger partial charge in [0.15, 0.2) is 0 Å². The number of rotatable bonds is 0. The zero-order chi connectivity index (χ0) is 10.3. The molecule has 74 valence electrons. The van der Waals surface area contributed by atoms with Crippen LogP contribution in [0.3, 0.4) is 0 Å². The van der Waals surface area contributed by atoms with Crippen molar-refractivity contribution in [3.8, 4) is 0 Å². The number of halogens is 2. The van der Waals surface area contributed by atoms with Crippen LogP contribution in [-0.4, -0.2) is 0 Å². The predicted octanol–water partition coefficient (Wildman–Crippen LogP) is 3.78. The van der Waals surface area contributed by atoms with Gasteiger partial charge in [-0.15, -0.1) is 0 Å². The minimum absolute atomic E-state index is 0.245. The summed E-state index contributed by atoms with van der Waals surface area (Å²) in [6.07, 6.45) is 1.56. The smallest absolute Gasteiger partial charge is 0.129 e. The van der Waals surface area contributed by atoms with E-state index in [-0.39, 0.29) is 11.6 Å². The number of hydrogen-bond acceptors (Lipinski definition) is 0. The van der Waals surface area contributed by atoms with Crippen molar-refractivity contribution >= 4 is 5.83 Å². The van der Waals surface area contributed by atoms with Gasteiger partial charge >= 0.3 is 0 Å². The Morgan fingerprint density at radius 2 is 1.79 bits per heavy atom. The Balaban J connectivity index is 2.64. The molecule has 0 saturated carbocycles. The fourth-order valence-corrected chi connectivity index (χ4v) is 1.81. The Morgan fingerprint density at radius 1 is 1.07 bits per heavy atom. The molecule has 0 aromatic heterocycles. The van der Waals surface area contributed by atoms with Crippen LogP contribution in [0, 0.1) is 12.7 Å². The molecule has 1 aromatic carbocycles. The largest absolute Gasteiger partial charge is 0.207 e. The molecule has 0 amide bonds. The molecule has 2 rings (SSSR count). The Labute approximate surface area is 82.3 Å². The average molecular weight is 194 g/mol. The summed E-state index contributed by atoms with van der Waals surface area (Å²) in [5.41, 5.74) is 2.68. The van der Waals surface area contributed by atoms with Gasteiger partial charge in [-0.1, -0.05) is 6.07 Å². The van der Waals surface area contributed by atoms with Gasteiger partial charge in [0, 0.05) is 5.56 Å². The second-order valence-electron chi connectivity index (χ2n) is 3.85. The van der Waals surface area contributed by atoms with E-state index in [4.69, 9.17) is 0 Å². The van der Waals surface area contributed by atoms with Gasteiger partial charge in [0.1, 0.15) is 11.6 Å². The van der Waals surface area contributed by atoms with Crippen LogP contribution in [0.25, 0.3) is 5.83 Å². The van der Waals surface area contributed by atoms with Crippen LogP contribution in [0.4, 0.5) is 8.78 Å². The molecule has 1 aliphatic carbocycles. The lowest BCUT2D eigenvalue weighted by Gasteiger charge is -2.17. The maximum Gasteiger partial charge on any atom is 0.129 e. The van der Waals surface area contributed by atoms with Crippen molar-refractivity contribution in [1.82, 2.24) is 0 Å². The Kier molecular flexibility index (Phi) is 2.14. The SMILES string of the molecule is CC1=C(F)c2cc(F)c(C)cc2CC1. The van der Waals surface area contributed by atoms with Gasteiger partial charge < -0.3 is 0 Å². The zero-order valence-electron chi connectivity index (χ0n) is 8.32. The van der Waals surface area contributed by atoms with E-state index in [0.717, 1.165) is 24.0 Å². The van der Waals surface area contributed by atoms with Crippen molar-refractivity contribution in [1.29, 1.82) is 0 Å². The van der Waals surface area contributed by atoms with E-state index >= 15 is 0 Å². The zero-order valence-corrected chi connectivity index (χ0v) is 8.32. The molecule has 0 aliphatic heterocycles. The molecule has 0 unspecified atom stereocenters. The topological polar surface area (TPSA) is 0 Å². The number of benzene rings is 1. The number of hydrogen-bond donors (Lipinski definition) is 0. The lowest BCUT2D eigenvalue weighted by atomic mass is 9.90. The number of aryl methyl sites for hydroxylation is 2. The van der Waals surface area contributed by atoms with Crippen LogP contribution in [0.2, 0.25) is 0 Å². The van der Waals surface area contributed by atoms with Crippen molar-refractivity contribution in [2.75, 3.05) is 0 Å². The van der Waals surface area contributed by atoms with Gasteiger partial charge in [-0.2, -0.15) is 0 Å². The van der Waals surface area contributed by atoms with Gasteiger partial charge in [0.2, 0.25) is 0 Å². The standard InChI is InChI=1S/C12H12F2/c1-7-3-4-9-5-8(2)11(13)6-10(9)12(7)14/h5-6H,3-4H2,1-2H3. The highest BCUT2D eigenvalue weighted by Gasteiger charge is 2.17. The maximum absolute atomic E-state index is 13.6. The summed E-state index contributed by atoms with van der Waals surface area (Å²) in [6.45, 7) is 3.47. The molecule has 0 saturated heterocycles. The third kappa shape index (κ3) is 1.35. The lowest BCUT2D eigenvalue weighted by Crippen LogP contribution is -2.03. The van der Waals surface area contributed by atoms with E-state index in [2.05, 4.69) is 0 Å². The third-order valence-corrected chi connectivity index (χ3v) is 2.76. The summed E-state index contributed by atoms with van der Waals surface area (Å²) in [4.78, 5) is 0. The highest BCUT2D eigenvalue weighted by atomic mass is 19.1. The van der Waals surface area contributed by atoms with Gasteiger partial charge in [0.05, 0.1) is 0 Å². The molecule has 14 heavy (non-hydrogen) atoms. The fourth-order valence-electron chi connectivity index (χ4n) is 1.81. The molecule has 2 heteroatoms. The molecular formula is C12H12F2. The Morgan fingerprint density at radius 3 is 2.50 bits per heavy atom. The van der Waals surface area contributed by atoms with Crippen LogP contribution >= 0.6 is 0 Å². The van der Waals surface area contributed by atoms with E-state index in [1.165, 1.54) is 6.07 Å². The molecule has 1 aliphatic rings. The monoisotopic (exact) mass is 194 g/mol. The summed E-state index contributed by atoms with van der Waals surface area (Å²) in [5.74, 6) is -0.571. The van der Waals surface area contributed by atoms with Crippen molar-refractivity contribution < 1.29 is 8.78 Å². The minimum atomic E-state index is -0.325. The molecule has 1 aromatic rings. The average Bonchev–Trinajstić information content (AvgIpc) is 2.15. The quantitative estimate of drug-likeness (QED) is 0.589. The first kappa shape index (κ1) is 9.38. The molecule has 0 heterocycles. The molecule has 0 atom stereocenters. The summed E-state index contributed by atoms with van der Waals surface area (Å²) < 4.78 is 26.8. The predicted molar refractivity (Wildman–Crippen MR) is 53.2 cm³/mol. The highest BCUT2D eigenvalue weighted by molar-refractivity contribution is 5.67. The molecule has 0 fully saturated rings. The van der Waals surface area contributed by atoms with Gasteiger partial charge in [-0.3, -0.25) is 0 Å². The van der Waals surface area contributed by atoms with Crippen LogP contribution in [-0.2, 0) is 6.42 Å². The first-order valence-electron chi connectivity index (χ1n) is 4.74. The van der Waals surface area contributed by atoms with Crippen molar-refractivity contribution in [3.63, 3.8) is 0 Å². The minimum Gasteiger partial charge on any atom is -0.207 e. The highest BCUT2D eigenvalue weighted by Crippen LogP contribution is 2.33. The molecule has 0 spiro atoms. The number of fused-ring (bicyclic) bond motifs is 1. The van der Waals surface area contributed by atoms with Crippen molar-refractivity contribution in [2.45, 2.75) is 26.7 Å². The van der Waals surface area contributed by atoms with Gasteiger partial charge in [-0.05, 0) is 49.5 Å². The maximum atomic E-state index is 13.6. The van der Waals surface area contributed by atoms with Gasteiger partial charge in [0.25, 0.3) is 0 Å². The Bertz CT molecular complexity index is 417. The molecular weight excluding hydrogens is 182 g/mol. The van der Waals surface area contributed by atoms with Crippen LogP contribution < -0.4 is 0 Å². The summed E-state index contributed by atoms with van der Waals surface area (Å²) in [6, 6.07) is 3.05. The van der Waals surface area contributed by atoms with Crippen LogP contribution in [0.15, 0.2) is 17.7 Å². The Hall–Kier alpha value is -1.18. The normalized spacial score (nSPS) is 15.7. The second kappa shape index (κ2) is 3.19. The van der Waals surface area contributed by atoms with E-state index in [9.17, 15) is 8.78 Å². The van der Waals surface area contributed by atoms with Crippen LogP contribution in [0.5, 0.6) is 0 Å². The number of allylic oxidation sites excluding steroid dienone is 1. The van der Waals surface area contributed by atoms with E-state index in [1.54, 1.807) is 19.9 Å². The van der Waals surface area contributed by atoms with Crippen LogP contribution in [0.1, 0.15) is 30.0 Å².